The molecule has 0 N–H and O–H groups in total. The van der Waals surface area contributed by atoms with Crippen LogP contribution in [0.25, 0.3) is 11.4 Å². The number of unbranched alkanes of at least 4 members (excludes halogenated alkanes) is 2. The van der Waals surface area contributed by atoms with E-state index in [1.807, 2.05) is 46.2 Å². The molecule has 0 amide bonds. The highest BCUT2D eigenvalue weighted by Gasteiger charge is 2.37. The number of fused-ring (bicyclic) bond motifs is 1. The number of thiophene rings is 2. The zero-order chi connectivity index (χ0) is 27.1. The molecule has 2 unspecified atom stereocenters. The first-order chi connectivity index (χ1) is 18.5. The first kappa shape index (κ1) is 30.0. The van der Waals surface area contributed by atoms with Crippen LogP contribution in [-0.2, 0) is 0 Å². The Labute approximate surface area is 248 Å². The van der Waals surface area contributed by atoms with Gasteiger partial charge in [-0.3, -0.25) is 0 Å². The Morgan fingerprint density at radius 1 is 0.737 bits per heavy atom. The lowest BCUT2D eigenvalue weighted by atomic mass is 10.0. The van der Waals surface area contributed by atoms with Crippen molar-refractivity contribution in [1.82, 2.24) is 0 Å². The van der Waals surface area contributed by atoms with Gasteiger partial charge in [0.1, 0.15) is 10.1 Å². The largest absolute Gasteiger partial charge is 0.239 e. The molecule has 4 rings (SSSR count). The van der Waals surface area contributed by atoms with Crippen LogP contribution in [0.4, 0.5) is 0 Å². The minimum atomic E-state index is 0.743. The Hall–Kier alpha value is -1.02. The fourth-order valence-electron chi connectivity index (χ4n) is 4.96. The minimum absolute atomic E-state index is 0.743. The van der Waals surface area contributed by atoms with Crippen LogP contribution in [0.2, 0.25) is 0 Å². The predicted molar refractivity (Wildman–Crippen MR) is 182 cm³/mol. The lowest BCUT2D eigenvalue weighted by molar-refractivity contribution is 0.500. The third-order valence-electron chi connectivity index (χ3n) is 7.52. The molecule has 0 saturated carbocycles. The van der Waals surface area contributed by atoms with Crippen LogP contribution in [-0.4, -0.2) is 29.4 Å². The van der Waals surface area contributed by atoms with Gasteiger partial charge in [0.2, 0.25) is 0 Å². The monoisotopic (exact) mass is 582 g/mol. The lowest BCUT2D eigenvalue weighted by Gasteiger charge is -2.15. The highest BCUT2D eigenvalue weighted by molar-refractivity contribution is 8.15. The first-order valence-corrected chi connectivity index (χ1v) is 18.1. The van der Waals surface area contributed by atoms with Gasteiger partial charge in [-0.15, -0.1) is 46.2 Å². The number of hydrogen-bond acceptors (Lipinski definition) is 6. The lowest BCUT2D eigenvalue weighted by Crippen LogP contribution is -2.08. The third kappa shape index (κ3) is 7.19. The summed E-state index contributed by atoms with van der Waals surface area (Å²) < 4.78 is 1.34. The highest BCUT2D eigenvalue weighted by atomic mass is 32.2. The summed E-state index contributed by atoms with van der Waals surface area (Å²) in [5.74, 6) is 3.76. The van der Waals surface area contributed by atoms with Gasteiger partial charge in [-0.05, 0) is 54.6 Å². The van der Waals surface area contributed by atoms with Gasteiger partial charge in [0.15, 0.2) is 7.85 Å². The third-order valence-corrected chi connectivity index (χ3v) is 12.0. The van der Waals surface area contributed by atoms with Crippen molar-refractivity contribution < 1.29 is 0 Å². The van der Waals surface area contributed by atoms with Gasteiger partial charge < -0.3 is 0 Å². The maximum Gasteiger partial charge on any atom is 0.152 e. The van der Waals surface area contributed by atoms with Crippen molar-refractivity contribution in [1.29, 1.82) is 0 Å². The van der Waals surface area contributed by atoms with Gasteiger partial charge in [0.05, 0.1) is 21.1 Å². The van der Waals surface area contributed by atoms with Crippen molar-refractivity contribution in [2.45, 2.75) is 86.0 Å². The van der Waals surface area contributed by atoms with E-state index in [9.17, 15) is 0 Å². The van der Waals surface area contributed by atoms with Crippen LogP contribution >= 0.6 is 46.2 Å². The fraction of sp³-hybridized carbons (Fsp3) is 0.548. The summed E-state index contributed by atoms with van der Waals surface area (Å²) in [6.07, 6.45) is 10.3. The molecule has 2 aromatic heterocycles. The molecule has 4 heterocycles. The average Bonchev–Trinajstić information content (AvgIpc) is 3.70. The smallest absolute Gasteiger partial charge is 0.152 e. The van der Waals surface area contributed by atoms with Crippen molar-refractivity contribution in [3.8, 4) is 0 Å². The predicted octanol–water partition coefficient (Wildman–Crippen LogP) is 9.22. The number of thioether (sulfide) groups is 2. The Bertz CT molecular complexity index is 1120. The van der Waals surface area contributed by atoms with Crippen molar-refractivity contribution in [3.05, 3.63) is 50.0 Å². The number of aryl methyl sites for hydroxylation is 1. The van der Waals surface area contributed by atoms with E-state index in [2.05, 4.69) is 66.7 Å². The van der Waals surface area contributed by atoms with E-state index in [0.717, 1.165) is 34.7 Å². The minimum Gasteiger partial charge on any atom is -0.239 e. The van der Waals surface area contributed by atoms with Gasteiger partial charge >= 0.3 is 0 Å². The van der Waals surface area contributed by atoms with Crippen LogP contribution in [0.15, 0.2) is 45.4 Å². The van der Waals surface area contributed by atoms with Crippen molar-refractivity contribution in [2.24, 2.45) is 21.8 Å². The topological polar surface area (TPSA) is 24.7 Å². The number of hydrogen-bond donors (Lipinski definition) is 0. The molecule has 0 saturated heterocycles. The van der Waals surface area contributed by atoms with E-state index in [1.54, 1.807) is 0 Å². The molecule has 38 heavy (non-hydrogen) atoms. The normalized spacial score (nSPS) is 16.8. The van der Waals surface area contributed by atoms with E-state index in [1.165, 1.54) is 92.0 Å². The molecule has 0 bridgehead atoms. The second-order valence-corrected chi connectivity index (χ2v) is 15.1. The molecule has 2 aliphatic heterocycles. The van der Waals surface area contributed by atoms with Crippen molar-refractivity contribution in [2.75, 3.05) is 11.5 Å². The summed E-state index contributed by atoms with van der Waals surface area (Å²) in [5, 5.41) is 2.38. The molecular weight excluding hydrogens is 539 g/mol. The van der Waals surface area contributed by atoms with Gasteiger partial charge in [-0.1, -0.05) is 72.3 Å². The molecule has 7 heteroatoms. The quantitative estimate of drug-likeness (QED) is 0.207. The van der Waals surface area contributed by atoms with Crippen LogP contribution in [0.1, 0.15) is 93.7 Å². The second-order valence-electron chi connectivity index (χ2n) is 10.6. The summed E-state index contributed by atoms with van der Waals surface area (Å²) in [5.41, 5.74) is 4.90. The Kier molecular flexibility index (Phi) is 11.5. The summed E-state index contributed by atoms with van der Waals surface area (Å²) in [4.78, 5) is 14.7. The average molecular weight is 583 g/mol. The zero-order valence-corrected chi connectivity index (χ0v) is 27.3. The second kappa shape index (κ2) is 14.6. The van der Waals surface area contributed by atoms with Gasteiger partial charge in [-0.2, -0.15) is 0 Å². The molecule has 0 radical (unpaired) electrons. The molecule has 0 fully saturated rings. The van der Waals surface area contributed by atoms with E-state index >= 15 is 0 Å². The number of nitrogens with zero attached hydrogens (tertiary/aromatic N) is 2. The van der Waals surface area contributed by atoms with Crippen LogP contribution in [0.3, 0.4) is 0 Å². The van der Waals surface area contributed by atoms with Crippen LogP contribution in [0.5, 0.6) is 0 Å². The fourth-order valence-corrected chi connectivity index (χ4v) is 9.28. The van der Waals surface area contributed by atoms with E-state index in [0.29, 0.717) is 0 Å². The van der Waals surface area contributed by atoms with Crippen molar-refractivity contribution >= 4 is 80.3 Å². The van der Waals surface area contributed by atoms with Crippen LogP contribution < -0.4 is 4.78 Å². The molecule has 2 aliphatic rings. The Morgan fingerprint density at radius 2 is 1.24 bits per heavy atom. The summed E-state index contributed by atoms with van der Waals surface area (Å²) in [7, 11) is 2.20. The maximum atomic E-state index is 5.39. The molecule has 0 aliphatic carbocycles. The summed E-state index contributed by atoms with van der Waals surface area (Å²) in [6, 6.07) is 8.99. The Balaban J connectivity index is 1.71. The zero-order valence-electron chi connectivity index (χ0n) is 24.1. The SMILES string of the molecule is Bc1ccc(C2=C3C(SCC(CC)CCCC)=NC(c4ccc(C)s4)=C3C(SCC(CC)CCCC)=N2)s1. The van der Waals surface area contributed by atoms with Gasteiger partial charge in [-0.25, -0.2) is 9.98 Å². The molecule has 0 spiro atoms. The molecule has 204 valence electrons. The maximum absolute atomic E-state index is 5.39. The van der Waals surface area contributed by atoms with E-state index < -0.39 is 0 Å². The molecule has 2 atom stereocenters. The summed E-state index contributed by atoms with van der Waals surface area (Å²) in [6.45, 7) is 11.5. The molecule has 0 aromatic carbocycles. The van der Waals surface area contributed by atoms with Gasteiger partial charge in [0.25, 0.3) is 0 Å². The first-order valence-electron chi connectivity index (χ1n) is 14.5. The molecular formula is C31H43BN2S4. The number of aliphatic imine (C=N–C) groups is 2. The molecule has 2 aromatic rings. The van der Waals surface area contributed by atoms with E-state index in [4.69, 9.17) is 9.98 Å². The van der Waals surface area contributed by atoms with Crippen molar-refractivity contribution in [3.63, 3.8) is 0 Å². The van der Waals surface area contributed by atoms with Gasteiger partial charge in [0, 0.05) is 27.5 Å². The molecule has 2 nitrogen and oxygen atoms in total. The van der Waals surface area contributed by atoms with Crippen LogP contribution in [0, 0.1) is 18.8 Å². The highest BCUT2D eigenvalue weighted by Crippen LogP contribution is 2.49. The number of rotatable bonds is 14. The standard InChI is InChI=1S/C31H43BN2S4/c1-6-10-12-21(8-3)18-35-30-26-27(29(34-30)24-16-17-25(32)38-24)31(36-19-22(9-4)13-11-7-2)33-28(26)23-15-14-20(5)37-23/h14-17,21-22H,6-13,18-19,32H2,1-5H3. The van der Waals surface area contributed by atoms with E-state index in [-0.39, 0.29) is 0 Å². The Morgan fingerprint density at radius 3 is 1.63 bits per heavy atom. The summed E-state index contributed by atoms with van der Waals surface area (Å²) >= 11 is 7.67.